The number of hydrogen-bond donors (Lipinski definition) is 2. The standard InChI is InChI=1S/C23H23F3N4O4S/c1-12-9-13(2)19(33-4)17(10-12)34-22-18(14(3)20(29-30-22)23(24,25)26)21(31)28-15-7-6-8-16(11-15)35(5,27)32/h6-11,27H,1-5H3,(H,28,31). The second kappa shape index (κ2) is 9.53. The van der Waals surface area contributed by atoms with Crippen molar-refractivity contribution in [1.82, 2.24) is 10.2 Å². The predicted octanol–water partition coefficient (Wildman–Crippen LogP) is 5.51. The Labute approximate surface area is 200 Å². The summed E-state index contributed by atoms with van der Waals surface area (Å²) in [5.74, 6) is -0.935. The minimum atomic E-state index is -4.86. The van der Waals surface area contributed by atoms with Gasteiger partial charge in [-0.1, -0.05) is 12.1 Å². The number of carbonyl (C=O) groups excluding carboxylic acids is 1. The van der Waals surface area contributed by atoms with Crippen molar-refractivity contribution in [1.29, 1.82) is 4.78 Å². The van der Waals surface area contributed by atoms with Crippen LogP contribution in [0.25, 0.3) is 0 Å². The summed E-state index contributed by atoms with van der Waals surface area (Å²) in [6.07, 6.45) is -3.65. The molecule has 2 aromatic carbocycles. The van der Waals surface area contributed by atoms with Crippen LogP contribution in [0.3, 0.4) is 0 Å². The van der Waals surface area contributed by atoms with Crippen molar-refractivity contribution < 1.29 is 31.6 Å². The number of rotatable bonds is 6. The first-order valence-corrected chi connectivity index (χ1v) is 12.1. The first kappa shape index (κ1) is 25.9. The van der Waals surface area contributed by atoms with Gasteiger partial charge >= 0.3 is 6.18 Å². The highest BCUT2D eigenvalue weighted by atomic mass is 32.2. The molecule has 0 bridgehead atoms. The Morgan fingerprint density at radius 2 is 1.80 bits per heavy atom. The number of carbonyl (C=O) groups is 1. The lowest BCUT2D eigenvalue weighted by atomic mass is 10.1. The number of methoxy groups -OCH3 is 1. The predicted molar refractivity (Wildman–Crippen MR) is 124 cm³/mol. The van der Waals surface area contributed by atoms with Crippen LogP contribution in [0.2, 0.25) is 0 Å². The molecule has 3 rings (SSSR count). The third-order valence-electron chi connectivity index (χ3n) is 5.02. The zero-order valence-corrected chi connectivity index (χ0v) is 20.4. The third kappa shape index (κ3) is 5.70. The SMILES string of the molecule is COc1c(C)cc(C)cc1Oc1nnc(C(F)(F)F)c(C)c1C(=O)Nc1cccc(S(C)(=N)=O)c1. The zero-order chi connectivity index (χ0) is 26.1. The molecular formula is C23H23F3N4O4S. The number of hydrogen-bond acceptors (Lipinski definition) is 7. The molecule has 3 aromatic rings. The van der Waals surface area contributed by atoms with Crippen LogP contribution in [0.15, 0.2) is 41.3 Å². The van der Waals surface area contributed by atoms with Crippen molar-refractivity contribution in [3.63, 3.8) is 0 Å². The Morgan fingerprint density at radius 3 is 2.40 bits per heavy atom. The average Bonchev–Trinajstić information content (AvgIpc) is 2.72. The van der Waals surface area contributed by atoms with Gasteiger partial charge in [0.2, 0.25) is 0 Å². The van der Waals surface area contributed by atoms with Crippen LogP contribution in [0.4, 0.5) is 18.9 Å². The summed E-state index contributed by atoms with van der Waals surface area (Å²) in [6.45, 7) is 4.65. The van der Waals surface area contributed by atoms with E-state index in [1.165, 1.54) is 37.6 Å². The molecule has 1 amide bonds. The van der Waals surface area contributed by atoms with Crippen LogP contribution >= 0.6 is 0 Å². The lowest BCUT2D eigenvalue weighted by Gasteiger charge is -2.18. The molecule has 2 N–H and O–H groups in total. The summed E-state index contributed by atoms with van der Waals surface area (Å²) in [5.41, 5.74) is -0.675. The highest BCUT2D eigenvalue weighted by molar-refractivity contribution is 7.91. The number of anilines is 1. The molecule has 1 aromatic heterocycles. The molecule has 0 saturated heterocycles. The molecule has 35 heavy (non-hydrogen) atoms. The number of benzene rings is 2. The molecule has 0 spiro atoms. The van der Waals surface area contributed by atoms with Gasteiger partial charge in [-0.05, 0) is 61.7 Å². The topological polar surface area (TPSA) is 114 Å². The third-order valence-corrected chi connectivity index (χ3v) is 6.17. The van der Waals surface area contributed by atoms with Gasteiger partial charge in [-0.15, -0.1) is 10.2 Å². The first-order chi connectivity index (χ1) is 16.2. The van der Waals surface area contributed by atoms with Crippen molar-refractivity contribution in [3.8, 4) is 17.4 Å². The highest BCUT2D eigenvalue weighted by Gasteiger charge is 2.38. The van der Waals surface area contributed by atoms with Crippen LogP contribution in [0.1, 0.15) is 32.7 Å². The van der Waals surface area contributed by atoms with Crippen molar-refractivity contribution in [2.24, 2.45) is 0 Å². The molecule has 1 unspecified atom stereocenters. The first-order valence-electron chi connectivity index (χ1n) is 10.1. The number of aromatic nitrogens is 2. The van der Waals surface area contributed by atoms with Crippen molar-refractivity contribution in [2.45, 2.75) is 31.8 Å². The van der Waals surface area contributed by atoms with E-state index in [1.807, 2.05) is 6.07 Å². The van der Waals surface area contributed by atoms with Crippen LogP contribution < -0.4 is 14.8 Å². The summed E-state index contributed by atoms with van der Waals surface area (Å²) in [4.78, 5) is 13.3. The maximum atomic E-state index is 13.5. The average molecular weight is 509 g/mol. The van der Waals surface area contributed by atoms with Gasteiger partial charge in [0.25, 0.3) is 11.8 Å². The van der Waals surface area contributed by atoms with E-state index in [0.717, 1.165) is 12.5 Å². The summed E-state index contributed by atoms with van der Waals surface area (Å²) < 4.78 is 71.5. The van der Waals surface area contributed by atoms with Gasteiger partial charge in [0, 0.05) is 16.8 Å². The molecule has 0 radical (unpaired) electrons. The smallest absolute Gasteiger partial charge is 0.435 e. The Balaban J connectivity index is 2.13. The fourth-order valence-electron chi connectivity index (χ4n) is 3.47. The lowest BCUT2D eigenvalue weighted by molar-refractivity contribution is -0.142. The van der Waals surface area contributed by atoms with E-state index in [1.54, 1.807) is 19.9 Å². The van der Waals surface area contributed by atoms with Crippen molar-refractivity contribution in [3.05, 3.63) is 64.3 Å². The lowest BCUT2D eigenvalue weighted by Crippen LogP contribution is -2.21. The largest absolute Gasteiger partial charge is 0.493 e. The number of nitrogens with zero attached hydrogens (tertiary/aromatic N) is 2. The van der Waals surface area contributed by atoms with Gasteiger partial charge in [0.05, 0.1) is 16.8 Å². The number of alkyl halides is 3. The van der Waals surface area contributed by atoms with E-state index in [-0.39, 0.29) is 16.3 Å². The summed E-state index contributed by atoms with van der Waals surface area (Å²) in [7, 11) is -1.68. The Kier molecular flexibility index (Phi) is 7.06. The maximum absolute atomic E-state index is 13.5. The van der Waals surface area contributed by atoms with Crippen LogP contribution in [0.5, 0.6) is 17.4 Å². The van der Waals surface area contributed by atoms with Crippen LogP contribution in [0, 0.1) is 25.6 Å². The molecular weight excluding hydrogens is 485 g/mol. The van der Waals surface area contributed by atoms with E-state index < -0.39 is 44.5 Å². The molecule has 0 fully saturated rings. The quantitative estimate of drug-likeness (QED) is 0.454. The fraction of sp³-hybridized carbons (Fsp3) is 0.261. The van der Waals surface area contributed by atoms with E-state index >= 15 is 0 Å². The van der Waals surface area contributed by atoms with Gasteiger partial charge < -0.3 is 14.8 Å². The minimum Gasteiger partial charge on any atom is -0.493 e. The number of ether oxygens (including phenoxy) is 2. The Morgan fingerprint density at radius 1 is 1.11 bits per heavy atom. The molecule has 1 atom stereocenters. The maximum Gasteiger partial charge on any atom is 0.435 e. The molecule has 186 valence electrons. The molecule has 0 aliphatic heterocycles. The van der Waals surface area contributed by atoms with Gasteiger partial charge in [0.15, 0.2) is 17.2 Å². The van der Waals surface area contributed by atoms with Crippen LogP contribution in [-0.2, 0) is 15.9 Å². The number of halogens is 3. The van der Waals surface area contributed by atoms with Crippen molar-refractivity contribution >= 4 is 21.3 Å². The molecule has 1 heterocycles. The summed E-state index contributed by atoms with van der Waals surface area (Å²) in [5, 5.41) is 9.30. The minimum absolute atomic E-state index is 0.133. The van der Waals surface area contributed by atoms with E-state index in [9.17, 15) is 22.2 Å². The summed E-state index contributed by atoms with van der Waals surface area (Å²) in [6, 6.07) is 9.11. The molecule has 12 heteroatoms. The van der Waals surface area contributed by atoms with Crippen LogP contribution in [-0.4, -0.2) is 33.7 Å². The Bertz CT molecular complexity index is 1410. The molecule has 0 saturated carbocycles. The van der Waals surface area contributed by atoms with E-state index in [2.05, 4.69) is 15.5 Å². The van der Waals surface area contributed by atoms with E-state index in [0.29, 0.717) is 11.3 Å². The fourth-order valence-corrected chi connectivity index (χ4v) is 4.16. The molecule has 0 aliphatic carbocycles. The number of nitrogens with one attached hydrogen (secondary N) is 2. The van der Waals surface area contributed by atoms with E-state index in [4.69, 9.17) is 14.3 Å². The highest BCUT2D eigenvalue weighted by Crippen LogP contribution is 2.39. The monoisotopic (exact) mass is 508 g/mol. The number of amides is 1. The van der Waals surface area contributed by atoms with Gasteiger partial charge in [-0.3, -0.25) is 4.79 Å². The van der Waals surface area contributed by atoms with Gasteiger partial charge in [0.1, 0.15) is 5.56 Å². The molecule has 8 nitrogen and oxygen atoms in total. The second-order valence-corrected chi connectivity index (χ2v) is 10.1. The van der Waals surface area contributed by atoms with Gasteiger partial charge in [-0.2, -0.15) is 13.2 Å². The zero-order valence-electron chi connectivity index (χ0n) is 19.5. The second-order valence-electron chi connectivity index (χ2n) is 7.89. The normalized spacial score (nSPS) is 13.1. The summed E-state index contributed by atoms with van der Waals surface area (Å²) >= 11 is 0. The van der Waals surface area contributed by atoms with Gasteiger partial charge in [-0.25, -0.2) is 8.99 Å². The number of aryl methyl sites for hydroxylation is 2. The Hall–Kier alpha value is -3.67. The molecule has 0 aliphatic rings. The van der Waals surface area contributed by atoms with Crippen molar-refractivity contribution in [2.75, 3.05) is 18.7 Å².